The predicted octanol–water partition coefficient (Wildman–Crippen LogP) is 2.96. The minimum atomic E-state index is -0.803. The highest BCUT2D eigenvalue weighted by Crippen LogP contribution is 2.30. The first-order valence-corrected chi connectivity index (χ1v) is 10.9. The Kier molecular flexibility index (Phi) is 7.55. The quantitative estimate of drug-likeness (QED) is 0.718. The molecule has 0 aromatic heterocycles. The second-order valence-electron chi connectivity index (χ2n) is 8.52. The van der Waals surface area contributed by atoms with Gasteiger partial charge in [-0.05, 0) is 42.0 Å². The molecule has 2 aromatic carbocycles. The molecule has 3 N–H and O–H groups in total. The van der Waals surface area contributed by atoms with Crippen LogP contribution in [0.2, 0.25) is 0 Å². The summed E-state index contributed by atoms with van der Waals surface area (Å²) in [4.78, 5) is 39.6. The number of amides is 3. The van der Waals surface area contributed by atoms with Crippen LogP contribution >= 0.6 is 12.4 Å². The summed E-state index contributed by atoms with van der Waals surface area (Å²) in [5, 5.41) is 5.02. The zero-order valence-electron chi connectivity index (χ0n) is 17.6. The van der Waals surface area contributed by atoms with Gasteiger partial charge in [0.25, 0.3) is 0 Å². The molecule has 0 spiro atoms. The Bertz CT molecular complexity index is 958. The highest BCUT2D eigenvalue weighted by molar-refractivity contribution is 5.92. The Labute approximate surface area is 188 Å². The van der Waals surface area contributed by atoms with E-state index in [1.807, 2.05) is 42.5 Å². The summed E-state index contributed by atoms with van der Waals surface area (Å²) in [6.45, 7) is 0.610. The van der Waals surface area contributed by atoms with Crippen molar-refractivity contribution >= 4 is 40.9 Å². The van der Waals surface area contributed by atoms with E-state index in [0.29, 0.717) is 19.4 Å². The van der Waals surface area contributed by atoms with Crippen LogP contribution in [0, 0.1) is 5.92 Å². The zero-order chi connectivity index (χ0) is 21.1. The number of primary amides is 1. The van der Waals surface area contributed by atoms with Crippen molar-refractivity contribution < 1.29 is 14.4 Å². The van der Waals surface area contributed by atoms with Crippen LogP contribution in [-0.2, 0) is 20.8 Å². The van der Waals surface area contributed by atoms with E-state index in [0.717, 1.165) is 48.4 Å². The first kappa shape index (κ1) is 23.1. The van der Waals surface area contributed by atoms with Crippen LogP contribution in [0.1, 0.15) is 44.1 Å². The van der Waals surface area contributed by atoms with Crippen molar-refractivity contribution in [2.24, 2.45) is 11.7 Å². The van der Waals surface area contributed by atoms with Gasteiger partial charge in [0.15, 0.2) is 0 Å². The van der Waals surface area contributed by atoms with Gasteiger partial charge in [-0.3, -0.25) is 14.4 Å². The lowest BCUT2D eigenvalue weighted by molar-refractivity contribution is -0.142. The van der Waals surface area contributed by atoms with Crippen molar-refractivity contribution in [1.82, 2.24) is 10.2 Å². The van der Waals surface area contributed by atoms with Crippen molar-refractivity contribution in [3.05, 3.63) is 48.0 Å². The summed E-state index contributed by atoms with van der Waals surface area (Å²) in [5.41, 5.74) is 6.54. The van der Waals surface area contributed by atoms with Crippen LogP contribution < -0.4 is 11.1 Å². The molecule has 3 amide bonds. The fourth-order valence-corrected chi connectivity index (χ4v) is 4.80. The van der Waals surface area contributed by atoms with E-state index >= 15 is 0 Å². The topological polar surface area (TPSA) is 92.5 Å². The van der Waals surface area contributed by atoms with Gasteiger partial charge in [0.05, 0.1) is 0 Å². The number of rotatable bonds is 6. The van der Waals surface area contributed by atoms with Crippen LogP contribution in [0.5, 0.6) is 0 Å². The standard InChI is InChI=1S/C24H29N3O3.ClH/c25-22(28)20(15-16-11-12-17-6-1-4-9-19(17)14-16)26-23(29)21-10-5-13-27(21)24(30)18-7-2-3-8-18;/h1,4,6,9,11-12,14,18,20-21H,2-3,5,7-8,10,13,15H2,(H2,25,28)(H,26,29);1H/t20?,21-;/m0./s1. The fraction of sp³-hybridized carbons (Fsp3) is 0.458. The van der Waals surface area contributed by atoms with Crippen LogP contribution in [0.25, 0.3) is 10.8 Å². The minimum Gasteiger partial charge on any atom is -0.368 e. The molecule has 2 aromatic rings. The van der Waals surface area contributed by atoms with Crippen LogP contribution in [0.4, 0.5) is 0 Å². The molecule has 1 saturated carbocycles. The van der Waals surface area contributed by atoms with Crippen molar-refractivity contribution in [3.8, 4) is 0 Å². The van der Waals surface area contributed by atoms with Gasteiger partial charge in [0, 0.05) is 18.9 Å². The van der Waals surface area contributed by atoms with E-state index in [1.165, 1.54) is 0 Å². The van der Waals surface area contributed by atoms with Gasteiger partial charge in [-0.25, -0.2) is 0 Å². The predicted molar refractivity (Wildman–Crippen MR) is 123 cm³/mol. The van der Waals surface area contributed by atoms with Crippen molar-refractivity contribution in [3.63, 3.8) is 0 Å². The van der Waals surface area contributed by atoms with Gasteiger partial charge >= 0.3 is 0 Å². The van der Waals surface area contributed by atoms with Crippen molar-refractivity contribution in [1.29, 1.82) is 0 Å². The van der Waals surface area contributed by atoms with Crippen molar-refractivity contribution in [2.75, 3.05) is 6.54 Å². The number of hydrogen-bond acceptors (Lipinski definition) is 3. The third kappa shape index (κ3) is 5.18. The highest BCUT2D eigenvalue weighted by Gasteiger charge is 2.38. The summed E-state index contributed by atoms with van der Waals surface area (Å²) in [7, 11) is 0. The van der Waals surface area contributed by atoms with E-state index in [4.69, 9.17) is 5.73 Å². The zero-order valence-corrected chi connectivity index (χ0v) is 18.4. The number of nitrogens with zero attached hydrogens (tertiary/aromatic N) is 1. The Hall–Kier alpha value is -2.60. The molecule has 2 atom stereocenters. The van der Waals surface area contributed by atoms with E-state index in [2.05, 4.69) is 5.32 Å². The highest BCUT2D eigenvalue weighted by atomic mass is 35.5. The molecular weight excluding hydrogens is 414 g/mol. The van der Waals surface area contributed by atoms with Crippen LogP contribution in [0.3, 0.4) is 0 Å². The van der Waals surface area contributed by atoms with Gasteiger partial charge in [-0.15, -0.1) is 12.4 Å². The van der Waals surface area contributed by atoms with Crippen LogP contribution in [0.15, 0.2) is 42.5 Å². The maximum absolute atomic E-state index is 13.0. The average molecular weight is 444 g/mol. The summed E-state index contributed by atoms with van der Waals surface area (Å²) < 4.78 is 0. The lowest BCUT2D eigenvalue weighted by Gasteiger charge is -2.28. The lowest BCUT2D eigenvalue weighted by atomic mass is 10.0. The minimum absolute atomic E-state index is 0. The van der Waals surface area contributed by atoms with Gasteiger partial charge in [-0.1, -0.05) is 55.3 Å². The average Bonchev–Trinajstić information content (AvgIpc) is 3.44. The Balaban J connectivity index is 0.00000272. The lowest BCUT2D eigenvalue weighted by Crippen LogP contribution is -2.53. The number of likely N-dealkylation sites (tertiary alicyclic amines) is 1. The molecule has 7 heteroatoms. The molecule has 2 aliphatic rings. The molecule has 0 radical (unpaired) electrons. The molecule has 1 heterocycles. The number of benzene rings is 2. The number of hydrogen-bond donors (Lipinski definition) is 2. The summed E-state index contributed by atoms with van der Waals surface area (Å²) >= 11 is 0. The molecule has 1 unspecified atom stereocenters. The van der Waals surface area contributed by atoms with Gasteiger partial charge in [0.1, 0.15) is 12.1 Å². The molecular formula is C24H30ClN3O3. The van der Waals surface area contributed by atoms with E-state index in [9.17, 15) is 14.4 Å². The SMILES string of the molecule is Cl.NC(=O)C(Cc1ccc2ccccc2c1)NC(=O)[C@@H]1CCCN1C(=O)C1CCCC1. The molecule has 2 fully saturated rings. The second-order valence-corrected chi connectivity index (χ2v) is 8.52. The molecule has 1 aliphatic carbocycles. The van der Waals surface area contributed by atoms with E-state index in [1.54, 1.807) is 4.90 Å². The summed E-state index contributed by atoms with van der Waals surface area (Å²) in [6.07, 6.45) is 5.75. The van der Waals surface area contributed by atoms with E-state index in [-0.39, 0.29) is 30.1 Å². The Morgan fingerprint density at radius 3 is 2.42 bits per heavy atom. The van der Waals surface area contributed by atoms with Crippen LogP contribution in [-0.4, -0.2) is 41.2 Å². The maximum atomic E-state index is 13.0. The molecule has 0 bridgehead atoms. The Morgan fingerprint density at radius 2 is 1.71 bits per heavy atom. The summed E-state index contributed by atoms with van der Waals surface area (Å²) in [5.74, 6) is -0.704. The molecule has 166 valence electrons. The first-order valence-electron chi connectivity index (χ1n) is 10.9. The van der Waals surface area contributed by atoms with Gasteiger partial charge in [0.2, 0.25) is 17.7 Å². The molecule has 1 aliphatic heterocycles. The van der Waals surface area contributed by atoms with Gasteiger partial charge in [-0.2, -0.15) is 0 Å². The number of carbonyl (C=O) groups is 3. The first-order chi connectivity index (χ1) is 14.5. The Morgan fingerprint density at radius 1 is 1.00 bits per heavy atom. The monoisotopic (exact) mass is 443 g/mol. The molecule has 31 heavy (non-hydrogen) atoms. The smallest absolute Gasteiger partial charge is 0.243 e. The maximum Gasteiger partial charge on any atom is 0.243 e. The second kappa shape index (κ2) is 10.1. The molecule has 4 rings (SSSR count). The number of carbonyl (C=O) groups excluding carboxylic acids is 3. The largest absolute Gasteiger partial charge is 0.368 e. The normalized spacial score (nSPS) is 19.7. The molecule has 1 saturated heterocycles. The number of halogens is 1. The third-order valence-corrected chi connectivity index (χ3v) is 6.46. The number of nitrogens with one attached hydrogen (secondary N) is 1. The van der Waals surface area contributed by atoms with Crippen molar-refractivity contribution in [2.45, 2.75) is 57.0 Å². The third-order valence-electron chi connectivity index (χ3n) is 6.46. The summed E-state index contributed by atoms with van der Waals surface area (Å²) in [6, 6.07) is 12.7. The number of nitrogens with two attached hydrogens (primary N) is 1. The fourth-order valence-electron chi connectivity index (χ4n) is 4.80. The number of fused-ring (bicyclic) bond motifs is 1. The van der Waals surface area contributed by atoms with E-state index < -0.39 is 18.0 Å². The van der Waals surface area contributed by atoms with Gasteiger partial charge < -0.3 is 16.0 Å². The molecule has 6 nitrogen and oxygen atoms in total.